The van der Waals surface area contributed by atoms with Gasteiger partial charge in [-0.2, -0.15) is 0 Å². The van der Waals surface area contributed by atoms with E-state index >= 15 is 0 Å². The molecular formula is C11H16N2. The van der Waals surface area contributed by atoms with Crippen LogP contribution in [-0.4, -0.2) is 12.1 Å². The standard InChI is InChI=1S/C11H16N2/c12-10-7-4-8-11(10)13-9-5-2-1-3-6-9/h1-3,5-6,10-11,13H,4,7-8,12H2/t10-,11-/m1/s1. The van der Waals surface area contributed by atoms with Gasteiger partial charge in [0.1, 0.15) is 0 Å². The zero-order valence-electron chi connectivity index (χ0n) is 7.74. The third kappa shape index (κ3) is 2.01. The van der Waals surface area contributed by atoms with Gasteiger partial charge in [-0.3, -0.25) is 0 Å². The van der Waals surface area contributed by atoms with E-state index in [0.717, 1.165) is 6.42 Å². The van der Waals surface area contributed by atoms with Gasteiger partial charge < -0.3 is 11.1 Å². The first-order valence-corrected chi connectivity index (χ1v) is 4.93. The van der Waals surface area contributed by atoms with Crippen LogP contribution >= 0.6 is 0 Å². The summed E-state index contributed by atoms with van der Waals surface area (Å²) >= 11 is 0. The summed E-state index contributed by atoms with van der Waals surface area (Å²) in [7, 11) is 0. The lowest BCUT2D eigenvalue weighted by Crippen LogP contribution is -2.35. The summed E-state index contributed by atoms with van der Waals surface area (Å²) in [4.78, 5) is 0. The molecule has 2 rings (SSSR count). The van der Waals surface area contributed by atoms with Crippen molar-refractivity contribution in [2.45, 2.75) is 31.3 Å². The molecule has 1 fully saturated rings. The minimum absolute atomic E-state index is 0.334. The van der Waals surface area contributed by atoms with Gasteiger partial charge in [-0.05, 0) is 31.4 Å². The van der Waals surface area contributed by atoms with Crippen LogP contribution < -0.4 is 11.1 Å². The van der Waals surface area contributed by atoms with E-state index in [4.69, 9.17) is 5.73 Å². The second kappa shape index (κ2) is 3.79. The maximum Gasteiger partial charge on any atom is 0.0412 e. The number of anilines is 1. The zero-order chi connectivity index (χ0) is 9.10. The lowest BCUT2D eigenvalue weighted by molar-refractivity contribution is 0.638. The van der Waals surface area contributed by atoms with Crippen molar-refractivity contribution >= 4 is 5.69 Å². The lowest BCUT2D eigenvalue weighted by atomic mass is 10.2. The van der Waals surface area contributed by atoms with Crippen molar-refractivity contribution in [1.29, 1.82) is 0 Å². The van der Waals surface area contributed by atoms with Gasteiger partial charge in [-0.1, -0.05) is 18.2 Å². The summed E-state index contributed by atoms with van der Waals surface area (Å²) in [5.74, 6) is 0. The molecule has 0 heterocycles. The predicted octanol–water partition coefficient (Wildman–Crippen LogP) is 1.98. The Morgan fingerprint density at radius 3 is 2.54 bits per heavy atom. The summed E-state index contributed by atoms with van der Waals surface area (Å²) < 4.78 is 0. The Hall–Kier alpha value is -1.02. The molecule has 0 amide bonds. The molecule has 1 aromatic rings. The van der Waals surface area contributed by atoms with E-state index in [1.807, 2.05) is 18.2 Å². The number of hydrogen-bond donors (Lipinski definition) is 2. The van der Waals surface area contributed by atoms with Gasteiger partial charge in [-0.15, -0.1) is 0 Å². The van der Waals surface area contributed by atoms with Gasteiger partial charge in [0.25, 0.3) is 0 Å². The molecular weight excluding hydrogens is 160 g/mol. The molecule has 1 saturated carbocycles. The fraction of sp³-hybridized carbons (Fsp3) is 0.455. The number of benzene rings is 1. The zero-order valence-corrected chi connectivity index (χ0v) is 7.74. The third-order valence-electron chi connectivity index (χ3n) is 2.70. The SMILES string of the molecule is N[C@@H]1CCC[C@H]1Nc1ccccc1. The maximum atomic E-state index is 5.96. The fourth-order valence-corrected chi connectivity index (χ4v) is 1.92. The van der Waals surface area contributed by atoms with Crippen molar-refractivity contribution in [2.75, 3.05) is 5.32 Å². The Kier molecular flexibility index (Phi) is 2.50. The lowest BCUT2D eigenvalue weighted by Gasteiger charge is -2.18. The van der Waals surface area contributed by atoms with E-state index < -0.39 is 0 Å². The number of hydrogen-bond acceptors (Lipinski definition) is 2. The van der Waals surface area contributed by atoms with Crippen molar-refractivity contribution in [3.8, 4) is 0 Å². The highest BCUT2D eigenvalue weighted by Crippen LogP contribution is 2.21. The molecule has 0 radical (unpaired) electrons. The first kappa shape index (κ1) is 8.57. The van der Waals surface area contributed by atoms with Crippen LogP contribution in [0.1, 0.15) is 19.3 Å². The monoisotopic (exact) mass is 176 g/mol. The van der Waals surface area contributed by atoms with E-state index in [-0.39, 0.29) is 0 Å². The minimum Gasteiger partial charge on any atom is -0.381 e. The molecule has 3 N–H and O–H groups in total. The van der Waals surface area contributed by atoms with E-state index in [1.54, 1.807) is 0 Å². The molecule has 2 heteroatoms. The Balaban J connectivity index is 1.98. The van der Waals surface area contributed by atoms with E-state index in [0.29, 0.717) is 12.1 Å². The van der Waals surface area contributed by atoms with Gasteiger partial charge in [0.05, 0.1) is 0 Å². The van der Waals surface area contributed by atoms with Gasteiger partial charge in [0.2, 0.25) is 0 Å². The van der Waals surface area contributed by atoms with Crippen LogP contribution in [0.15, 0.2) is 30.3 Å². The van der Waals surface area contributed by atoms with Crippen molar-refractivity contribution in [1.82, 2.24) is 0 Å². The van der Waals surface area contributed by atoms with Gasteiger partial charge >= 0.3 is 0 Å². The highest BCUT2D eigenvalue weighted by molar-refractivity contribution is 5.43. The first-order valence-electron chi connectivity index (χ1n) is 4.93. The quantitative estimate of drug-likeness (QED) is 0.723. The highest BCUT2D eigenvalue weighted by atomic mass is 15.0. The summed E-state index contributed by atoms with van der Waals surface area (Å²) in [6.07, 6.45) is 3.62. The second-order valence-corrected chi connectivity index (χ2v) is 3.71. The number of para-hydroxylation sites is 1. The molecule has 1 aromatic carbocycles. The Morgan fingerprint density at radius 2 is 1.92 bits per heavy atom. The van der Waals surface area contributed by atoms with Crippen LogP contribution in [0, 0.1) is 0 Å². The van der Waals surface area contributed by atoms with Crippen LogP contribution in [0.5, 0.6) is 0 Å². The minimum atomic E-state index is 0.334. The molecule has 70 valence electrons. The third-order valence-corrected chi connectivity index (χ3v) is 2.70. The van der Waals surface area contributed by atoms with Crippen LogP contribution in [0.3, 0.4) is 0 Å². The van der Waals surface area contributed by atoms with E-state index in [2.05, 4.69) is 17.4 Å². The Labute approximate surface area is 79.1 Å². The number of nitrogens with one attached hydrogen (secondary N) is 1. The molecule has 0 aromatic heterocycles. The molecule has 0 spiro atoms. The first-order chi connectivity index (χ1) is 6.36. The summed E-state index contributed by atoms with van der Waals surface area (Å²) in [6.45, 7) is 0. The maximum absolute atomic E-state index is 5.96. The van der Waals surface area contributed by atoms with Crippen molar-refractivity contribution in [3.05, 3.63) is 30.3 Å². The van der Waals surface area contributed by atoms with Gasteiger partial charge in [-0.25, -0.2) is 0 Å². The summed E-state index contributed by atoms with van der Waals surface area (Å²) in [5.41, 5.74) is 7.15. The second-order valence-electron chi connectivity index (χ2n) is 3.71. The number of rotatable bonds is 2. The largest absolute Gasteiger partial charge is 0.381 e. The topological polar surface area (TPSA) is 38.0 Å². The molecule has 2 nitrogen and oxygen atoms in total. The average Bonchev–Trinajstić information content (AvgIpc) is 2.54. The Bertz CT molecular complexity index is 258. The molecule has 0 saturated heterocycles. The van der Waals surface area contributed by atoms with E-state index in [1.165, 1.54) is 18.5 Å². The average molecular weight is 176 g/mol. The Morgan fingerprint density at radius 1 is 1.15 bits per heavy atom. The molecule has 0 aliphatic heterocycles. The van der Waals surface area contributed by atoms with E-state index in [9.17, 15) is 0 Å². The molecule has 1 aliphatic carbocycles. The van der Waals surface area contributed by atoms with Crippen LogP contribution in [-0.2, 0) is 0 Å². The molecule has 2 atom stereocenters. The van der Waals surface area contributed by atoms with Crippen molar-refractivity contribution < 1.29 is 0 Å². The molecule has 0 unspecified atom stereocenters. The summed E-state index contributed by atoms with van der Waals surface area (Å²) in [5, 5.41) is 3.47. The van der Waals surface area contributed by atoms with Crippen LogP contribution in [0.4, 0.5) is 5.69 Å². The van der Waals surface area contributed by atoms with Crippen LogP contribution in [0.2, 0.25) is 0 Å². The smallest absolute Gasteiger partial charge is 0.0412 e. The predicted molar refractivity (Wildman–Crippen MR) is 55.7 cm³/mol. The number of nitrogens with two attached hydrogens (primary N) is 1. The van der Waals surface area contributed by atoms with Gasteiger partial charge in [0, 0.05) is 17.8 Å². The molecule has 1 aliphatic rings. The van der Waals surface area contributed by atoms with Crippen LogP contribution in [0.25, 0.3) is 0 Å². The normalized spacial score (nSPS) is 27.5. The fourth-order valence-electron chi connectivity index (χ4n) is 1.92. The molecule has 0 bridgehead atoms. The molecule has 13 heavy (non-hydrogen) atoms. The van der Waals surface area contributed by atoms with Crippen molar-refractivity contribution in [3.63, 3.8) is 0 Å². The summed E-state index contributed by atoms with van der Waals surface area (Å²) in [6, 6.07) is 11.1. The van der Waals surface area contributed by atoms with Gasteiger partial charge in [0.15, 0.2) is 0 Å². The highest BCUT2D eigenvalue weighted by Gasteiger charge is 2.23. The van der Waals surface area contributed by atoms with Crippen molar-refractivity contribution in [2.24, 2.45) is 5.73 Å².